The highest BCUT2D eigenvalue weighted by atomic mass is 16.3. The molecule has 0 bridgehead atoms. The Kier molecular flexibility index (Phi) is 3.70. The Morgan fingerprint density at radius 1 is 0.889 bits per heavy atom. The Bertz CT molecular complexity index is 1190. The lowest BCUT2D eigenvalue weighted by molar-refractivity contribution is 0.404. The minimum absolute atomic E-state index is 0.279. The molecule has 136 valence electrons. The molecular weight excluding hydrogens is 346 g/mol. The van der Waals surface area contributed by atoms with Gasteiger partial charge in [-0.1, -0.05) is 12.1 Å². The highest BCUT2D eigenvalue weighted by Crippen LogP contribution is 2.42. The van der Waals surface area contributed by atoms with E-state index < -0.39 is 5.43 Å². The maximum Gasteiger partial charge on any atom is 0.224 e. The second kappa shape index (κ2) is 5.95. The number of anilines is 1. The van der Waals surface area contributed by atoms with Gasteiger partial charge in [-0.3, -0.25) is 4.79 Å². The summed E-state index contributed by atoms with van der Waals surface area (Å²) in [6.45, 7) is 0. The number of hydrogen-bond donors (Lipinski definition) is 3. The molecule has 2 aromatic carbocycles. The molecule has 1 heterocycles. The summed E-state index contributed by atoms with van der Waals surface area (Å²) < 4.78 is 5.75. The maximum absolute atomic E-state index is 12.3. The summed E-state index contributed by atoms with van der Waals surface area (Å²) in [5, 5.41) is 30.4. The summed E-state index contributed by atoms with van der Waals surface area (Å²) in [4.78, 5) is 14.2. The second-order valence-corrected chi connectivity index (χ2v) is 6.58. The molecule has 0 fully saturated rings. The standard InChI is InChI=1S/C21H17NO5/c1-22(2)13-5-3-11(4-6-13)20-14-7-12-8-15(23)16(24)9-18(12)27-19(14)10-17(25)21(20)26/h3-10,23-24,26H,1-2H3. The molecule has 0 saturated carbocycles. The highest BCUT2D eigenvalue weighted by Gasteiger charge is 2.21. The van der Waals surface area contributed by atoms with Gasteiger partial charge in [0.15, 0.2) is 17.2 Å². The molecule has 0 spiro atoms. The van der Waals surface area contributed by atoms with Crippen molar-refractivity contribution in [2.75, 3.05) is 19.0 Å². The van der Waals surface area contributed by atoms with E-state index in [1.165, 1.54) is 18.2 Å². The molecule has 0 amide bonds. The first kappa shape index (κ1) is 16.8. The van der Waals surface area contributed by atoms with Gasteiger partial charge in [-0.05, 0) is 29.8 Å². The number of aromatic hydroxyl groups is 3. The van der Waals surface area contributed by atoms with Gasteiger partial charge in [-0.2, -0.15) is 0 Å². The third-order valence-corrected chi connectivity index (χ3v) is 4.57. The van der Waals surface area contributed by atoms with E-state index in [2.05, 4.69) is 0 Å². The first-order chi connectivity index (χ1) is 12.8. The van der Waals surface area contributed by atoms with E-state index >= 15 is 0 Å². The lowest BCUT2D eigenvalue weighted by atomic mass is 9.94. The van der Waals surface area contributed by atoms with E-state index in [0.29, 0.717) is 27.7 Å². The van der Waals surface area contributed by atoms with E-state index in [9.17, 15) is 20.1 Å². The Morgan fingerprint density at radius 3 is 2.22 bits per heavy atom. The molecule has 4 rings (SSSR count). The maximum atomic E-state index is 12.3. The Hall–Kier alpha value is -3.67. The zero-order valence-corrected chi connectivity index (χ0v) is 14.7. The number of rotatable bonds is 2. The molecule has 0 atom stereocenters. The van der Waals surface area contributed by atoms with Gasteiger partial charge in [0.1, 0.15) is 11.3 Å². The third-order valence-electron chi connectivity index (χ3n) is 4.57. The Balaban J connectivity index is 2.04. The van der Waals surface area contributed by atoms with Gasteiger partial charge in [0.05, 0.1) is 0 Å². The van der Waals surface area contributed by atoms with E-state index in [-0.39, 0.29) is 23.0 Å². The van der Waals surface area contributed by atoms with Crippen molar-refractivity contribution in [3.8, 4) is 39.7 Å². The summed E-state index contributed by atoms with van der Waals surface area (Å²) in [6, 6.07) is 13.0. The number of benzene rings is 3. The summed E-state index contributed by atoms with van der Waals surface area (Å²) in [6.07, 6.45) is 0. The summed E-state index contributed by atoms with van der Waals surface area (Å²) in [5.41, 5.74) is 2.30. The minimum Gasteiger partial charge on any atom is -0.504 e. The van der Waals surface area contributed by atoms with Gasteiger partial charge in [-0.15, -0.1) is 0 Å². The molecule has 2 aliphatic rings. The van der Waals surface area contributed by atoms with Crippen LogP contribution in [0.2, 0.25) is 0 Å². The van der Waals surface area contributed by atoms with Crippen LogP contribution in [0.3, 0.4) is 0 Å². The molecule has 0 aromatic heterocycles. The molecular formula is C21H17NO5. The van der Waals surface area contributed by atoms with Crippen molar-refractivity contribution in [2.24, 2.45) is 0 Å². The SMILES string of the molecule is CN(C)c1ccc(-c2c3cc4cc(O)c(O)cc4oc-3cc(=O)c2O)cc1. The van der Waals surface area contributed by atoms with Gasteiger partial charge in [0, 0.05) is 48.4 Å². The topological polar surface area (TPSA) is 94.1 Å². The van der Waals surface area contributed by atoms with Crippen molar-refractivity contribution >= 4 is 16.7 Å². The van der Waals surface area contributed by atoms with Crippen LogP contribution in [0.15, 0.2) is 57.7 Å². The Morgan fingerprint density at radius 2 is 1.56 bits per heavy atom. The van der Waals surface area contributed by atoms with Gasteiger partial charge in [0.25, 0.3) is 0 Å². The van der Waals surface area contributed by atoms with Gasteiger partial charge >= 0.3 is 0 Å². The van der Waals surface area contributed by atoms with Crippen LogP contribution in [-0.4, -0.2) is 29.4 Å². The van der Waals surface area contributed by atoms with Crippen LogP contribution in [0.25, 0.3) is 33.4 Å². The van der Waals surface area contributed by atoms with Crippen molar-refractivity contribution in [1.29, 1.82) is 0 Å². The van der Waals surface area contributed by atoms with E-state index in [1.807, 2.05) is 43.3 Å². The molecule has 2 aromatic rings. The number of fused-ring (bicyclic) bond motifs is 2. The van der Waals surface area contributed by atoms with Crippen LogP contribution in [-0.2, 0) is 0 Å². The van der Waals surface area contributed by atoms with Crippen molar-refractivity contribution in [3.63, 3.8) is 0 Å². The molecule has 0 saturated heterocycles. The van der Waals surface area contributed by atoms with Crippen LogP contribution in [0.1, 0.15) is 0 Å². The molecule has 3 N–H and O–H groups in total. The lowest BCUT2D eigenvalue weighted by Gasteiger charge is -2.16. The first-order valence-corrected chi connectivity index (χ1v) is 8.28. The average molecular weight is 363 g/mol. The van der Waals surface area contributed by atoms with Crippen molar-refractivity contribution in [3.05, 3.63) is 58.8 Å². The predicted octanol–water partition coefficient (Wildman–Crippen LogP) is 3.75. The molecule has 1 aliphatic carbocycles. The van der Waals surface area contributed by atoms with Crippen LogP contribution in [0, 0.1) is 0 Å². The van der Waals surface area contributed by atoms with E-state index in [4.69, 9.17) is 4.42 Å². The zero-order chi connectivity index (χ0) is 19.3. The van der Waals surface area contributed by atoms with Crippen LogP contribution < -0.4 is 10.3 Å². The van der Waals surface area contributed by atoms with Crippen LogP contribution in [0.5, 0.6) is 17.2 Å². The predicted molar refractivity (Wildman–Crippen MR) is 104 cm³/mol. The largest absolute Gasteiger partial charge is 0.504 e. The molecule has 0 unspecified atom stereocenters. The number of hydrogen-bond acceptors (Lipinski definition) is 6. The Labute approximate surface area is 154 Å². The number of phenols is 3. The summed E-state index contributed by atoms with van der Waals surface area (Å²) >= 11 is 0. The monoisotopic (exact) mass is 363 g/mol. The van der Waals surface area contributed by atoms with Crippen LogP contribution in [0.4, 0.5) is 5.69 Å². The number of phenolic OH excluding ortho intramolecular Hbond substituents is 3. The summed E-state index contributed by atoms with van der Waals surface area (Å²) in [5.74, 6) is -0.676. The minimum atomic E-state index is -0.555. The molecule has 0 radical (unpaired) electrons. The highest BCUT2D eigenvalue weighted by molar-refractivity contribution is 5.93. The normalized spacial score (nSPS) is 11.2. The number of nitrogens with zero attached hydrogens (tertiary/aromatic N) is 1. The molecule has 6 nitrogen and oxygen atoms in total. The zero-order valence-electron chi connectivity index (χ0n) is 14.7. The molecule has 6 heteroatoms. The van der Waals surface area contributed by atoms with E-state index in [1.54, 1.807) is 6.07 Å². The van der Waals surface area contributed by atoms with E-state index in [0.717, 1.165) is 5.69 Å². The lowest BCUT2D eigenvalue weighted by Crippen LogP contribution is -2.08. The fourth-order valence-electron chi connectivity index (χ4n) is 3.13. The first-order valence-electron chi connectivity index (χ1n) is 8.28. The van der Waals surface area contributed by atoms with Gasteiger partial charge in [0.2, 0.25) is 5.43 Å². The molecule has 27 heavy (non-hydrogen) atoms. The van der Waals surface area contributed by atoms with Gasteiger partial charge in [-0.25, -0.2) is 0 Å². The second-order valence-electron chi connectivity index (χ2n) is 6.58. The van der Waals surface area contributed by atoms with Crippen LogP contribution >= 0.6 is 0 Å². The summed E-state index contributed by atoms with van der Waals surface area (Å²) in [7, 11) is 3.85. The fourth-order valence-corrected chi connectivity index (χ4v) is 3.13. The molecule has 1 aliphatic heterocycles. The van der Waals surface area contributed by atoms with Gasteiger partial charge < -0.3 is 24.6 Å². The fraction of sp³-hybridized carbons (Fsp3) is 0.0952. The average Bonchev–Trinajstić information content (AvgIpc) is 2.63. The van der Waals surface area contributed by atoms with Crippen molar-refractivity contribution < 1.29 is 19.7 Å². The van der Waals surface area contributed by atoms with Crippen molar-refractivity contribution in [1.82, 2.24) is 0 Å². The van der Waals surface area contributed by atoms with Crippen molar-refractivity contribution in [2.45, 2.75) is 0 Å². The smallest absolute Gasteiger partial charge is 0.224 e. The third kappa shape index (κ3) is 2.71. The quantitative estimate of drug-likeness (QED) is 0.371.